The zero-order valence-electron chi connectivity index (χ0n) is 13.6. The van der Waals surface area contributed by atoms with Gasteiger partial charge in [0, 0.05) is 36.4 Å². The second kappa shape index (κ2) is 8.07. The van der Waals surface area contributed by atoms with Crippen molar-refractivity contribution in [2.45, 2.75) is 0 Å². The minimum absolute atomic E-state index is 0.0205. The molecule has 2 aromatic rings. The molecule has 0 radical (unpaired) electrons. The summed E-state index contributed by atoms with van der Waals surface area (Å²) >= 11 is 0. The second-order valence-corrected chi connectivity index (χ2v) is 4.50. The quantitative estimate of drug-likeness (QED) is 0.697. The van der Waals surface area contributed by atoms with E-state index < -0.39 is 0 Å². The van der Waals surface area contributed by atoms with Gasteiger partial charge < -0.3 is 28.3 Å². The second-order valence-electron chi connectivity index (χ2n) is 4.50. The van der Waals surface area contributed by atoms with E-state index >= 15 is 0 Å². The lowest BCUT2D eigenvalue weighted by Gasteiger charge is -2.12. The van der Waals surface area contributed by atoms with Crippen LogP contribution in [0.25, 0.3) is 0 Å². The first-order chi connectivity index (χ1) is 11.2. The summed E-state index contributed by atoms with van der Waals surface area (Å²) in [7, 11) is 6.34. The Morgan fingerprint density at radius 3 is 1.00 bits per heavy atom. The maximum absolute atomic E-state index is 5.58. The zero-order chi connectivity index (χ0) is 16.7. The van der Waals surface area contributed by atoms with Gasteiger partial charge in [-0.05, 0) is 0 Å². The molecular weight excluding hydrogens is 299 g/mol. The number of hydrogen-bond donors (Lipinski definition) is 0. The van der Waals surface area contributed by atoms with E-state index in [1.807, 2.05) is 0 Å². The number of methoxy groups -OCH3 is 4. The van der Waals surface area contributed by atoms with Crippen LogP contribution < -0.4 is 28.3 Å². The van der Waals surface area contributed by atoms with Gasteiger partial charge in [0.25, 0.3) is 0 Å². The first-order valence-corrected chi connectivity index (χ1v) is 6.90. The maximum atomic E-state index is 5.58. The van der Waals surface area contributed by atoms with Crippen molar-refractivity contribution in [3.63, 3.8) is 0 Å². The molecule has 0 saturated carbocycles. The lowest BCUT2D eigenvalue weighted by atomic mass is 10.2. The molecule has 7 heteroatoms. The standard InChI is InChI=1S/C16H19BO6/c1-18-11-5-12(19-2)8-15(7-11)22-17-23-16-9-13(20-3)6-14(10-16)21-4/h5-10,17H,1-4H3. The molecule has 0 unspecified atom stereocenters. The van der Waals surface area contributed by atoms with Crippen LogP contribution in [0.15, 0.2) is 36.4 Å². The van der Waals surface area contributed by atoms with Gasteiger partial charge in [-0.2, -0.15) is 0 Å². The topological polar surface area (TPSA) is 55.4 Å². The van der Waals surface area contributed by atoms with E-state index in [1.165, 1.54) is 0 Å². The highest BCUT2D eigenvalue weighted by Crippen LogP contribution is 2.29. The molecule has 2 rings (SSSR count). The van der Waals surface area contributed by atoms with E-state index in [-0.39, 0.29) is 7.69 Å². The van der Waals surface area contributed by atoms with Gasteiger partial charge >= 0.3 is 7.69 Å². The Kier molecular flexibility index (Phi) is 5.85. The summed E-state index contributed by atoms with van der Waals surface area (Å²) in [4.78, 5) is 0. The molecule has 0 aliphatic carbocycles. The average molecular weight is 318 g/mol. The largest absolute Gasteiger partial charge is 0.576 e. The lowest BCUT2D eigenvalue weighted by Crippen LogP contribution is -2.11. The normalized spacial score (nSPS) is 9.74. The molecular formula is C16H19BO6. The third-order valence-corrected chi connectivity index (χ3v) is 3.10. The maximum Gasteiger partial charge on any atom is 0.576 e. The van der Waals surface area contributed by atoms with Gasteiger partial charge in [-0.1, -0.05) is 0 Å². The molecule has 2 aromatic carbocycles. The Balaban J connectivity index is 2.02. The van der Waals surface area contributed by atoms with Crippen molar-refractivity contribution in [1.29, 1.82) is 0 Å². The Morgan fingerprint density at radius 2 is 0.739 bits per heavy atom. The zero-order valence-corrected chi connectivity index (χ0v) is 13.6. The van der Waals surface area contributed by atoms with E-state index in [2.05, 4.69) is 0 Å². The first kappa shape index (κ1) is 16.7. The number of ether oxygens (including phenoxy) is 4. The highest BCUT2D eigenvalue weighted by molar-refractivity contribution is 6.20. The van der Waals surface area contributed by atoms with Gasteiger partial charge in [0.05, 0.1) is 28.4 Å². The molecule has 0 saturated heterocycles. The van der Waals surface area contributed by atoms with Gasteiger partial charge in [-0.15, -0.1) is 0 Å². The summed E-state index contributed by atoms with van der Waals surface area (Å²) in [5.41, 5.74) is 0. The van der Waals surface area contributed by atoms with Gasteiger partial charge in [0.1, 0.15) is 34.5 Å². The smallest absolute Gasteiger partial charge is 0.528 e. The fraction of sp³-hybridized carbons (Fsp3) is 0.250. The minimum Gasteiger partial charge on any atom is -0.528 e. The molecule has 0 bridgehead atoms. The third kappa shape index (κ3) is 4.64. The van der Waals surface area contributed by atoms with Crippen LogP contribution >= 0.6 is 0 Å². The van der Waals surface area contributed by atoms with E-state index in [4.69, 9.17) is 28.3 Å². The summed E-state index contributed by atoms with van der Waals surface area (Å²) < 4.78 is 31.9. The van der Waals surface area contributed by atoms with Crippen LogP contribution in [0.4, 0.5) is 0 Å². The van der Waals surface area contributed by atoms with Gasteiger partial charge in [-0.25, -0.2) is 0 Å². The highest BCUT2D eigenvalue weighted by atomic mass is 16.6. The van der Waals surface area contributed by atoms with E-state index in [0.717, 1.165) is 0 Å². The lowest BCUT2D eigenvalue weighted by molar-refractivity contribution is 0.384. The molecule has 23 heavy (non-hydrogen) atoms. The fourth-order valence-corrected chi connectivity index (χ4v) is 1.89. The molecule has 0 atom stereocenters. The third-order valence-electron chi connectivity index (χ3n) is 3.10. The van der Waals surface area contributed by atoms with Crippen molar-refractivity contribution in [1.82, 2.24) is 0 Å². The van der Waals surface area contributed by atoms with Crippen LogP contribution in [0.5, 0.6) is 34.5 Å². The first-order valence-electron chi connectivity index (χ1n) is 6.90. The summed E-state index contributed by atoms with van der Waals surface area (Å²) in [6.45, 7) is 0. The Morgan fingerprint density at radius 1 is 0.478 bits per heavy atom. The average Bonchev–Trinajstić information content (AvgIpc) is 2.60. The van der Waals surface area contributed by atoms with Crippen LogP contribution in [0.2, 0.25) is 0 Å². The van der Waals surface area contributed by atoms with Crippen molar-refractivity contribution in [3.05, 3.63) is 36.4 Å². The van der Waals surface area contributed by atoms with Crippen molar-refractivity contribution in [2.75, 3.05) is 28.4 Å². The van der Waals surface area contributed by atoms with Crippen LogP contribution in [0.1, 0.15) is 0 Å². The molecule has 0 N–H and O–H groups in total. The molecule has 122 valence electrons. The summed E-state index contributed by atoms with van der Waals surface area (Å²) in [6.07, 6.45) is 0. The van der Waals surface area contributed by atoms with Crippen LogP contribution in [-0.2, 0) is 0 Å². The van der Waals surface area contributed by atoms with E-state index in [0.29, 0.717) is 34.5 Å². The minimum atomic E-state index is 0.0205. The molecule has 0 aliphatic heterocycles. The number of benzene rings is 2. The van der Waals surface area contributed by atoms with Crippen LogP contribution in [0.3, 0.4) is 0 Å². The highest BCUT2D eigenvalue weighted by Gasteiger charge is 2.07. The number of hydrogen-bond acceptors (Lipinski definition) is 6. The van der Waals surface area contributed by atoms with E-state index in [9.17, 15) is 0 Å². The molecule has 0 amide bonds. The van der Waals surface area contributed by atoms with Crippen molar-refractivity contribution in [3.8, 4) is 34.5 Å². The van der Waals surface area contributed by atoms with Crippen molar-refractivity contribution < 1.29 is 28.3 Å². The Hall–Kier alpha value is -2.70. The molecule has 0 aliphatic rings. The van der Waals surface area contributed by atoms with Gasteiger partial charge in [-0.3, -0.25) is 0 Å². The summed E-state index contributed by atoms with van der Waals surface area (Å²) in [5, 5.41) is 0. The van der Waals surface area contributed by atoms with E-state index in [1.54, 1.807) is 64.8 Å². The SMILES string of the molecule is COc1cc(OC)cc(OBOc2cc(OC)cc(OC)c2)c1. The fourth-order valence-electron chi connectivity index (χ4n) is 1.89. The Labute approximate surface area is 136 Å². The van der Waals surface area contributed by atoms with Crippen molar-refractivity contribution >= 4 is 7.69 Å². The number of rotatable bonds is 8. The molecule has 0 heterocycles. The molecule has 0 spiro atoms. The van der Waals surface area contributed by atoms with Crippen LogP contribution in [0, 0.1) is 0 Å². The Bertz CT molecular complexity index is 546. The van der Waals surface area contributed by atoms with Gasteiger partial charge in [0.2, 0.25) is 0 Å². The van der Waals surface area contributed by atoms with Crippen LogP contribution in [-0.4, -0.2) is 36.1 Å². The predicted octanol–water partition coefficient (Wildman–Crippen LogP) is 2.45. The molecule has 6 nitrogen and oxygen atoms in total. The summed E-state index contributed by atoms with van der Waals surface area (Å²) in [6, 6.07) is 10.5. The van der Waals surface area contributed by atoms with Gasteiger partial charge in [0.15, 0.2) is 0 Å². The predicted molar refractivity (Wildman–Crippen MR) is 87.5 cm³/mol. The van der Waals surface area contributed by atoms with Crippen molar-refractivity contribution in [2.24, 2.45) is 0 Å². The summed E-state index contributed by atoms with van der Waals surface area (Å²) in [5.74, 6) is 3.72. The monoisotopic (exact) mass is 318 g/mol. The molecule has 0 fully saturated rings. The molecule has 0 aromatic heterocycles.